The molecular weight excluding hydrogens is 434 g/mol. The van der Waals surface area contributed by atoms with E-state index in [0.29, 0.717) is 10.8 Å². The third kappa shape index (κ3) is 3.78. The molecular formula is C19H22ClN3O6S. The Hall–Kier alpha value is -2.56. The fraction of sp³-hybridized carbons (Fsp3) is 0.368. The number of ether oxygens (including phenoxy) is 1. The number of sulfone groups is 1. The Labute approximate surface area is 179 Å². The number of amides is 2. The molecule has 2 aromatic rings. The predicted molar refractivity (Wildman–Crippen MR) is 110 cm³/mol. The van der Waals surface area contributed by atoms with E-state index in [9.17, 15) is 18.0 Å². The Kier molecular flexibility index (Phi) is 5.85. The molecule has 162 valence electrons. The van der Waals surface area contributed by atoms with Gasteiger partial charge in [0.1, 0.15) is 5.75 Å². The molecule has 1 aliphatic rings. The highest BCUT2D eigenvalue weighted by molar-refractivity contribution is 7.92. The zero-order valence-corrected chi connectivity index (χ0v) is 18.2. The molecule has 0 unspecified atom stereocenters. The van der Waals surface area contributed by atoms with Crippen LogP contribution < -0.4 is 10.2 Å². The lowest BCUT2D eigenvalue weighted by atomic mass is 10.1. The van der Waals surface area contributed by atoms with Crippen LogP contribution in [0, 0.1) is 0 Å². The standard InChI is InChI=1S/C19H22ClN3O6S/c1-19(17(24)21-26,30(3,27)28)6-7-22-11-13-8-12(10-23(13)18(22)25)15-5-4-14(29-2)9-16(15)20/h4-5,8-10,26H,6-7,11H2,1-3H3,(H,21,24)/t19-/m1/s1. The molecule has 9 nitrogen and oxygen atoms in total. The number of nitrogens with zero attached hydrogens (tertiary/aromatic N) is 2. The summed E-state index contributed by atoms with van der Waals surface area (Å²) in [7, 11) is -2.29. The van der Waals surface area contributed by atoms with E-state index in [4.69, 9.17) is 21.5 Å². The van der Waals surface area contributed by atoms with Crippen LogP contribution in [-0.4, -0.2) is 59.7 Å². The number of hydrogen-bond acceptors (Lipinski definition) is 6. The van der Waals surface area contributed by atoms with Gasteiger partial charge in [-0.1, -0.05) is 11.6 Å². The molecule has 0 radical (unpaired) electrons. The quantitative estimate of drug-likeness (QED) is 0.488. The minimum Gasteiger partial charge on any atom is -0.497 e. The van der Waals surface area contributed by atoms with Crippen molar-refractivity contribution < 1.29 is 28.0 Å². The molecule has 1 aliphatic heterocycles. The molecule has 1 aromatic heterocycles. The van der Waals surface area contributed by atoms with Crippen molar-refractivity contribution in [3.63, 3.8) is 0 Å². The van der Waals surface area contributed by atoms with E-state index >= 15 is 0 Å². The topological polar surface area (TPSA) is 118 Å². The fourth-order valence-corrected chi connectivity index (χ4v) is 4.46. The van der Waals surface area contributed by atoms with E-state index in [1.54, 1.807) is 31.5 Å². The molecule has 2 N–H and O–H groups in total. The van der Waals surface area contributed by atoms with E-state index in [2.05, 4.69) is 0 Å². The zero-order valence-electron chi connectivity index (χ0n) is 16.7. The fourth-order valence-electron chi connectivity index (χ4n) is 3.34. The molecule has 2 heterocycles. The van der Waals surface area contributed by atoms with Crippen molar-refractivity contribution in [2.24, 2.45) is 0 Å². The molecule has 0 bridgehead atoms. The maximum absolute atomic E-state index is 12.8. The molecule has 0 saturated heterocycles. The minimum absolute atomic E-state index is 0.0239. The molecule has 0 saturated carbocycles. The maximum atomic E-state index is 12.8. The van der Waals surface area contributed by atoms with Gasteiger partial charge in [-0.3, -0.25) is 14.6 Å². The van der Waals surface area contributed by atoms with Gasteiger partial charge >= 0.3 is 6.03 Å². The minimum atomic E-state index is -3.83. The first-order valence-corrected chi connectivity index (χ1v) is 11.3. The summed E-state index contributed by atoms with van der Waals surface area (Å²) in [6, 6.07) is 6.77. The molecule has 3 rings (SSSR count). The van der Waals surface area contributed by atoms with Crippen molar-refractivity contribution in [1.82, 2.24) is 14.9 Å². The van der Waals surface area contributed by atoms with Crippen LogP contribution >= 0.6 is 11.6 Å². The van der Waals surface area contributed by atoms with Crippen LogP contribution in [0.25, 0.3) is 11.1 Å². The Morgan fingerprint density at radius 1 is 1.37 bits per heavy atom. The van der Waals surface area contributed by atoms with E-state index in [0.717, 1.165) is 23.1 Å². The smallest absolute Gasteiger partial charge is 0.328 e. The highest BCUT2D eigenvalue weighted by Gasteiger charge is 2.44. The molecule has 0 spiro atoms. The lowest BCUT2D eigenvalue weighted by Gasteiger charge is -2.27. The Bertz CT molecular complexity index is 1110. The van der Waals surface area contributed by atoms with Crippen LogP contribution in [0.5, 0.6) is 5.75 Å². The lowest BCUT2D eigenvalue weighted by Crippen LogP contribution is -2.50. The first-order valence-electron chi connectivity index (χ1n) is 9.00. The molecule has 11 heteroatoms. The second-order valence-electron chi connectivity index (χ2n) is 7.33. The summed E-state index contributed by atoms with van der Waals surface area (Å²) in [6.45, 7) is 1.50. The van der Waals surface area contributed by atoms with Crippen molar-refractivity contribution in [3.05, 3.63) is 41.2 Å². The van der Waals surface area contributed by atoms with Gasteiger partial charge in [-0.2, -0.15) is 0 Å². The van der Waals surface area contributed by atoms with Crippen LogP contribution in [-0.2, 0) is 21.2 Å². The van der Waals surface area contributed by atoms with E-state index < -0.39 is 20.5 Å². The summed E-state index contributed by atoms with van der Waals surface area (Å²) >= 11 is 6.32. The maximum Gasteiger partial charge on any atom is 0.328 e. The van der Waals surface area contributed by atoms with Gasteiger partial charge in [-0.15, -0.1) is 0 Å². The van der Waals surface area contributed by atoms with E-state index in [-0.39, 0.29) is 25.5 Å². The average Bonchev–Trinajstić information content (AvgIpc) is 3.23. The second kappa shape index (κ2) is 7.93. The monoisotopic (exact) mass is 455 g/mol. The van der Waals surface area contributed by atoms with Crippen molar-refractivity contribution in [2.45, 2.75) is 24.6 Å². The molecule has 1 atom stereocenters. The number of carbonyl (C=O) groups is 2. The predicted octanol–water partition coefficient (Wildman–Crippen LogP) is 2.30. The third-order valence-corrected chi connectivity index (χ3v) is 7.81. The Morgan fingerprint density at radius 3 is 2.60 bits per heavy atom. The molecule has 30 heavy (non-hydrogen) atoms. The Morgan fingerprint density at radius 2 is 2.07 bits per heavy atom. The summed E-state index contributed by atoms with van der Waals surface area (Å²) in [6.07, 6.45) is 2.43. The van der Waals surface area contributed by atoms with Gasteiger partial charge in [0.15, 0.2) is 14.6 Å². The van der Waals surface area contributed by atoms with E-state index in [1.165, 1.54) is 21.9 Å². The molecule has 0 aliphatic carbocycles. The lowest BCUT2D eigenvalue weighted by molar-refractivity contribution is -0.131. The molecule has 1 aromatic carbocycles. The first-order chi connectivity index (χ1) is 14.0. The van der Waals surface area contributed by atoms with Gasteiger partial charge in [0, 0.05) is 35.8 Å². The Balaban J connectivity index is 1.78. The number of benzene rings is 1. The highest BCUT2D eigenvalue weighted by atomic mass is 35.5. The second-order valence-corrected chi connectivity index (χ2v) is 10.2. The zero-order chi connectivity index (χ0) is 22.3. The highest BCUT2D eigenvalue weighted by Crippen LogP contribution is 2.34. The normalized spacial score (nSPS) is 15.6. The van der Waals surface area contributed by atoms with Crippen LogP contribution in [0.4, 0.5) is 4.79 Å². The van der Waals surface area contributed by atoms with Crippen LogP contribution in [0.3, 0.4) is 0 Å². The van der Waals surface area contributed by atoms with Gasteiger partial charge in [0.05, 0.1) is 18.7 Å². The number of halogens is 1. The van der Waals surface area contributed by atoms with Crippen LogP contribution in [0.15, 0.2) is 30.5 Å². The van der Waals surface area contributed by atoms with Gasteiger partial charge in [0.2, 0.25) is 0 Å². The van der Waals surface area contributed by atoms with Crippen molar-refractivity contribution in [1.29, 1.82) is 0 Å². The number of fused-ring (bicyclic) bond motifs is 1. The summed E-state index contributed by atoms with van der Waals surface area (Å²) in [5.41, 5.74) is 3.64. The van der Waals surface area contributed by atoms with Gasteiger partial charge in [-0.25, -0.2) is 18.7 Å². The largest absolute Gasteiger partial charge is 0.497 e. The van der Waals surface area contributed by atoms with E-state index in [1.807, 2.05) is 6.07 Å². The number of aromatic nitrogens is 1. The van der Waals surface area contributed by atoms with Crippen LogP contribution in [0.2, 0.25) is 5.02 Å². The molecule has 2 amide bonds. The first kappa shape index (κ1) is 22.1. The molecule has 0 fully saturated rings. The number of carbonyl (C=O) groups excluding carboxylic acids is 2. The average molecular weight is 456 g/mol. The number of methoxy groups -OCH3 is 1. The van der Waals surface area contributed by atoms with Gasteiger partial charge in [-0.05, 0) is 37.6 Å². The van der Waals surface area contributed by atoms with Crippen molar-refractivity contribution in [2.75, 3.05) is 19.9 Å². The third-order valence-electron chi connectivity index (χ3n) is 5.48. The summed E-state index contributed by atoms with van der Waals surface area (Å²) < 4.78 is 28.9. The SMILES string of the molecule is COc1ccc(-c2cc3n(c2)C(=O)N(CC[C@](C)(C(=O)NO)S(C)(=O)=O)C3)c(Cl)c1. The van der Waals surface area contributed by atoms with Crippen LogP contribution in [0.1, 0.15) is 19.0 Å². The number of nitrogens with one attached hydrogen (secondary N) is 1. The number of hydrogen-bond donors (Lipinski definition) is 2. The number of hydroxylamine groups is 1. The summed E-state index contributed by atoms with van der Waals surface area (Å²) in [4.78, 5) is 26.2. The van der Waals surface area contributed by atoms with Crippen molar-refractivity contribution >= 4 is 33.4 Å². The van der Waals surface area contributed by atoms with Gasteiger partial charge < -0.3 is 9.64 Å². The van der Waals surface area contributed by atoms with Gasteiger partial charge in [0.25, 0.3) is 5.91 Å². The van der Waals surface area contributed by atoms with Crippen molar-refractivity contribution in [3.8, 4) is 16.9 Å². The summed E-state index contributed by atoms with van der Waals surface area (Å²) in [5.74, 6) is -0.411. The summed E-state index contributed by atoms with van der Waals surface area (Å²) in [5, 5.41) is 9.40. The number of rotatable bonds is 7.